The highest BCUT2D eigenvalue weighted by atomic mass is 35.5. The summed E-state index contributed by atoms with van der Waals surface area (Å²) in [5, 5.41) is 4.16. The summed E-state index contributed by atoms with van der Waals surface area (Å²) in [5.74, 6) is 1.48. The lowest BCUT2D eigenvalue weighted by Gasteiger charge is -2.41. The summed E-state index contributed by atoms with van der Waals surface area (Å²) < 4.78 is 0. The Morgan fingerprint density at radius 2 is 2.21 bits per heavy atom. The van der Waals surface area contributed by atoms with E-state index in [4.69, 9.17) is 11.6 Å². The fourth-order valence-electron chi connectivity index (χ4n) is 3.41. The average molecular weight is 281 g/mol. The second-order valence-corrected chi connectivity index (χ2v) is 7.06. The minimum absolute atomic E-state index is 0.467. The van der Waals surface area contributed by atoms with Crippen molar-refractivity contribution in [1.82, 2.24) is 10.3 Å². The summed E-state index contributed by atoms with van der Waals surface area (Å²) in [4.78, 5) is 4.08. The molecule has 1 aromatic heterocycles. The van der Waals surface area contributed by atoms with E-state index in [1.165, 1.54) is 24.8 Å². The summed E-state index contributed by atoms with van der Waals surface area (Å²) in [5.41, 5.74) is 1.72. The van der Waals surface area contributed by atoms with Crippen LogP contribution in [0.15, 0.2) is 18.5 Å². The molecule has 0 aromatic carbocycles. The van der Waals surface area contributed by atoms with Crippen LogP contribution in [0.1, 0.15) is 38.7 Å². The molecule has 2 atom stereocenters. The third-order valence-electron chi connectivity index (χ3n) is 4.48. The fraction of sp³-hybridized carbons (Fsp3) is 0.688. The third kappa shape index (κ3) is 3.93. The first kappa shape index (κ1) is 14.8. The van der Waals surface area contributed by atoms with Gasteiger partial charge >= 0.3 is 0 Å². The number of pyridine rings is 1. The Bertz CT molecular complexity index is 417. The van der Waals surface area contributed by atoms with Crippen molar-refractivity contribution < 1.29 is 0 Å². The van der Waals surface area contributed by atoms with Gasteiger partial charge in [0.25, 0.3) is 0 Å². The second kappa shape index (κ2) is 6.23. The molecule has 3 heteroatoms. The van der Waals surface area contributed by atoms with Crippen molar-refractivity contribution in [2.75, 3.05) is 13.6 Å². The molecule has 1 N–H and O–H groups in total. The Morgan fingerprint density at radius 3 is 2.89 bits per heavy atom. The van der Waals surface area contributed by atoms with Crippen molar-refractivity contribution in [1.29, 1.82) is 0 Å². The Morgan fingerprint density at radius 1 is 1.42 bits per heavy atom. The van der Waals surface area contributed by atoms with Crippen LogP contribution in [-0.4, -0.2) is 18.6 Å². The predicted molar refractivity (Wildman–Crippen MR) is 81.5 cm³/mol. The molecule has 0 amide bonds. The number of hydrogen-bond acceptors (Lipinski definition) is 2. The van der Waals surface area contributed by atoms with Gasteiger partial charge in [-0.15, -0.1) is 0 Å². The summed E-state index contributed by atoms with van der Waals surface area (Å²) in [7, 11) is 2.05. The standard InChI is InChI=1S/C16H25ClN2/c1-16(2)6-4-13(10-18-3)14(9-16)8-12-5-7-19-11-15(12)17/h5,7,11,13-14,18H,4,6,8-10H2,1-3H3. The van der Waals surface area contributed by atoms with Crippen LogP contribution in [0.25, 0.3) is 0 Å². The van der Waals surface area contributed by atoms with Crippen LogP contribution >= 0.6 is 11.6 Å². The van der Waals surface area contributed by atoms with Gasteiger partial charge in [-0.3, -0.25) is 4.98 Å². The fourth-order valence-corrected chi connectivity index (χ4v) is 3.61. The van der Waals surface area contributed by atoms with Crippen molar-refractivity contribution in [3.63, 3.8) is 0 Å². The van der Waals surface area contributed by atoms with Gasteiger partial charge in [0.05, 0.1) is 5.02 Å². The molecule has 2 rings (SSSR count). The van der Waals surface area contributed by atoms with Crippen LogP contribution in [0, 0.1) is 17.3 Å². The van der Waals surface area contributed by atoms with Gasteiger partial charge in [0.15, 0.2) is 0 Å². The lowest BCUT2D eigenvalue weighted by atomic mass is 9.65. The molecule has 0 saturated heterocycles. The van der Waals surface area contributed by atoms with Crippen LogP contribution in [0.4, 0.5) is 0 Å². The Hall–Kier alpha value is -0.600. The molecule has 1 aliphatic rings. The van der Waals surface area contributed by atoms with Gasteiger partial charge in [0.1, 0.15) is 0 Å². The van der Waals surface area contributed by atoms with Crippen molar-refractivity contribution >= 4 is 11.6 Å². The average Bonchev–Trinajstić information content (AvgIpc) is 2.35. The molecule has 0 radical (unpaired) electrons. The Labute approximate surface area is 122 Å². The normalized spacial score (nSPS) is 26.3. The lowest BCUT2D eigenvalue weighted by Crippen LogP contribution is -2.36. The molecular formula is C16H25ClN2. The summed E-state index contributed by atoms with van der Waals surface area (Å²) in [6.45, 7) is 5.90. The van der Waals surface area contributed by atoms with Crippen LogP contribution < -0.4 is 5.32 Å². The largest absolute Gasteiger partial charge is 0.319 e. The molecule has 1 aliphatic carbocycles. The SMILES string of the molecule is CNCC1CCC(C)(C)CC1Cc1ccncc1Cl. The molecule has 1 fully saturated rings. The monoisotopic (exact) mass is 280 g/mol. The van der Waals surface area contributed by atoms with E-state index in [-0.39, 0.29) is 0 Å². The first-order valence-electron chi connectivity index (χ1n) is 7.25. The quantitative estimate of drug-likeness (QED) is 0.904. The number of nitrogens with one attached hydrogen (secondary N) is 1. The van der Waals surface area contributed by atoms with E-state index in [1.807, 2.05) is 6.20 Å². The van der Waals surface area contributed by atoms with Gasteiger partial charge in [0.2, 0.25) is 0 Å². The first-order chi connectivity index (χ1) is 9.02. The topological polar surface area (TPSA) is 24.9 Å². The zero-order chi connectivity index (χ0) is 13.9. The molecule has 1 saturated carbocycles. The highest BCUT2D eigenvalue weighted by molar-refractivity contribution is 6.31. The number of aromatic nitrogens is 1. The van der Waals surface area contributed by atoms with Gasteiger partial charge in [-0.1, -0.05) is 25.4 Å². The zero-order valence-electron chi connectivity index (χ0n) is 12.2. The van der Waals surface area contributed by atoms with E-state index in [9.17, 15) is 0 Å². The highest BCUT2D eigenvalue weighted by Gasteiger charge is 2.34. The smallest absolute Gasteiger partial charge is 0.0621 e. The summed E-state index contributed by atoms with van der Waals surface area (Å²) in [6.07, 6.45) is 8.64. The molecule has 0 aliphatic heterocycles. The summed E-state index contributed by atoms with van der Waals surface area (Å²) >= 11 is 6.26. The number of halogens is 1. The minimum atomic E-state index is 0.467. The molecule has 0 spiro atoms. The van der Waals surface area contributed by atoms with E-state index >= 15 is 0 Å². The Kier molecular flexibility index (Phi) is 4.86. The number of nitrogens with zero attached hydrogens (tertiary/aromatic N) is 1. The van der Waals surface area contributed by atoms with Crippen LogP contribution in [0.5, 0.6) is 0 Å². The van der Waals surface area contributed by atoms with E-state index in [0.717, 1.165) is 29.8 Å². The molecule has 19 heavy (non-hydrogen) atoms. The van der Waals surface area contributed by atoms with Crippen molar-refractivity contribution in [3.8, 4) is 0 Å². The predicted octanol–water partition coefficient (Wildman–Crippen LogP) is 3.94. The maximum absolute atomic E-state index is 6.26. The zero-order valence-corrected chi connectivity index (χ0v) is 13.0. The van der Waals surface area contributed by atoms with E-state index in [1.54, 1.807) is 6.20 Å². The molecule has 1 heterocycles. The molecular weight excluding hydrogens is 256 g/mol. The van der Waals surface area contributed by atoms with Crippen LogP contribution in [-0.2, 0) is 6.42 Å². The van der Waals surface area contributed by atoms with Gasteiger partial charge < -0.3 is 5.32 Å². The number of hydrogen-bond donors (Lipinski definition) is 1. The molecule has 1 aromatic rings. The van der Waals surface area contributed by atoms with E-state index < -0.39 is 0 Å². The van der Waals surface area contributed by atoms with Crippen molar-refractivity contribution in [3.05, 3.63) is 29.0 Å². The maximum atomic E-state index is 6.26. The first-order valence-corrected chi connectivity index (χ1v) is 7.62. The molecule has 106 valence electrons. The van der Waals surface area contributed by atoms with Gasteiger partial charge in [-0.05, 0) is 68.2 Å². The van der Waals surface area contributed by atoms with Gasteiger partial charge in [-0.2, -0.15) is 0 Å². The summed E-state index contributed by atoms with van der Waals surface area (Å²) in [6, 6.07) is 2.07. The van der Waals surface area contributed by atoms with Gasteiger partial charge in [0, 0.05) is 12.4 Å². The Balaban J connectivity index is 2.11. The third-order valence-corrected chi connectivity index (χ3v) is 4.82. The van der Waals surface area contributed by atoms with Crippen LogP contribution in [0.3, 0.4) is 0 Å². The van der Waals surface area contributed by atoms with Crippen molar-refractivity contribution in [2.45, 2.75) is 39.5 Å². The minimum Gasteiger partial charge on any atom is -0.319 e. The van der Waals surface area contributed by atoms with Crippen molar-refractivity contribution in [2.24, 2.45) is 17.3 Å². The maximum Gasteiger partial charge on any atom is 0.0621 e. The highest BCUT2D eigenvalue weighted by Crippen LogP contribution is 2.43. The van der Waals surface area contributed by atoms with E-state index in [2.05, 4.69) is 37.3 Å². The molecule has 2 unspecified atom stereocenters. The van der Waals surface area contributed by atoms with Gasteiger partial charge in [-0.25, -0.2) is 0 Å². The second-order valence-electron chi connectivity index (χ2n) is 6.66. The van der Waals surface area contributed by atoms with Crippen LogP contribution in [0.2, 0.25) is 5.02 Å². The lowest BCUT2D eigenvalue weighted by molar-refractivity contribution is 0.117. The molecule has 0 bridgehead atoms. The molecule has 2 nitrogen and oxygen atoms in total. The van der Waals surface area contributed by atoms with E-state index in [0.29, 0.717) is 5.41 Å². The number of rotatable bonds is 4.